The Labute approximate surface area is 578 Å². The van der Waals surface area contributed by atoms with Crippen molar-refractivity contribution in [1.29, 1.82) is 0 Å². The average molecular weight is 1660 g/mol. The second-order valence-electron chi connectivity index (χ2n) is 23.6. The van der Waals surface area contributed by atoms with Crippen LogP contribution in [0.25, 0.3) is 32.3 Å². The van der Waals surface area contributed by atoms with Crippen molar-refractivity contribution in [2.75, 3.05) is 19.8 Å². The van der Waals surface area contributed by atoms with Crippen molar-refractivity contribution in [2.24, 2.45) is 0 Å². The van der Waals surface area contributed by atoms with Crippen LogP contribution >= 0.6 is 0 Å². The van der Waals surface area contributed by atoms with Gasteiger partial charge in [-0.2, -0.15) is 171 Å². The fourth-order valence-corrected chi connectivity index (χ4v) is 9.37. The normalized spacial score (nSPS) is 14.6. The summed E-state index contributed by atoms with van der Waals surface area (Å²) < 4.78 is 578. The molecule has 0 saturated heterocycles. The number of hydrogen-bond acceptors (Lipinski definition) is 9. The van der Waals surface area contributed by atoms with Crippen LogP contribution in [0.1, 0.15) is 117 Å². The Hall–Kier alpha value is -7.26. The number of esters is 3. The summed E-state index contributed by atoms with van der Waals surface area (Å²) in [4.78, 5) is 40.1. The smallest absolute Gasteiger partial charge is 0.460 e. The summed E-state index contributed by atoms with van der Waals surface area (Å²) in [5.74, 6) is -134. The van der Waals surface area contributed by atoms with Crippen molar-refractivity contribution in [3.63, 3.8) is 0 Å². The van der Waals surface area contributed by atoms with E-state index < -0.39 is 250 Å². The molecule has 0 heterocycles. The maximum Gasteiger partial charge on any atom is 0.460 e. The zero-order valence-corrected chi connectivity index (χ0v) is 54.1. The van der Waals surface area contributed by atoms with E-state index in [9.17, 15) is 159 Å². The molecule has 4 aromatic rings. The third kappa shape index (κ3) is 17.0. The Morgan fingerprint density at radius 3 is 0.574 bits per heavy atom. The minimum atomic E-state index is -8.42. The third-order valence-electron chi connectivity index (χ3n) is 15.7. The van der Waals surface area contributed by atoms with Gasteiger partial charge >= 0.3 is 125 Å². The molecule has 0 amide bonds. The first kappa shape index (κ1) is 93.1. The van der Waals surface area contributed by atoms with Gasteiger partial charge in [-0.05, 0) is 88.0 Å². The number of halogens is 39. The van der Waals surface area contributed by atoms with Crippen LogP contribution in [0.15, 0.2) is 36.4 Å². The van der Waals surface area contributed by atoms with Crippen LogP contribution in [0.5, 0.6) is 34.5 Å². The summed E-state index contributed by atoms with van der Waals surface area (Å²) in [6.45, 7) is 2.76. The Morgan fingerprint density at radius 1 is 0.241 bits per heavy atom. The van der Waals surface area contributed by atoms with Gasteiger partial charge in [0.2, 0.25) is 0 Å². The summed E-state index contributed by atoms with van der Waals surface area (Å²) in [6.07, 6.45) is -39.6. The molecule has 618 valence electrons. The van der Waals surface area contributed by atoms with Gasteiger partial charge in [-0.3, -0.25) is 14.4 Å². The number of carbonyl (C=O) groups is 3. The number of unbranched alkanes of at least 4 members (excludes halogenated alkanes) is 6. The number of rotatable bonds is 39. The number of ether oxygens (including phenoxy) is 6. The van der Waals surface area contributed by atoms with Gasteiger partial charge in [-0.15, -0.1) is 0 Å². The van der Waals surface area contributed by atoms with E-state index in [1.807, 2.05) is 0 Å². The van der Waals surface area contributed by atoms with Crippen molar-refractivity contribution in [1.82, 2.24) is 0 Å². The van der Waals surface area contributed by atoms with Gasteiger partial charge in [0.15, 0.2) is 34.5 Å². The lowest BCUT2D eigenvalue weighted by atomic mass is 9.92. The van der Waals surface area contributed by atoms with Crippen molar-refractivity contribution >= 4 is 50.2 Å². The zero-order chi connectivity index (χ0) is 83.9. The van der Waals surface area contributed by atoms with Gasteiger partial charge in [0.05, 0.1) is 39.1 Å². The molecule has 0 N–H and O–H groups in total. The molecule has 4 aromatic carbocycles. The van der Waals surface area contributed by atoms with E-state index in [-0.39, 0.29) is 38.5 Å². The molecule has 108 heavy (non-hydrogen) atoms. The quantitative estimate of drug-likeness (QED) is 0.0142. The van der Waals surface area contributed by atoms with Crippen molar-refractivity contribution in [3.05, 3.63) is 36.4 Å². The maximum atomic E-state index is 15.0. The molecule has 0 radical (unpaired) electrons. The van der Waals surface area contributed by atoms with Crippen LogP contribution in [-0.4, -0.2) is 145 Å². The SMILES string of the molecule is CCCCCOc1cc2c(cc1OC(=O)CCC(F)(F)C(F)(F)C(F)(F)C(F)(F)C(F)(F)C(F)(F)F)c1cc(OCCCCC)c(OC(=O)CCC(F)(F)C(F)(F)C(F)(F)C(F)(F)C(F)(F)C(F)(F)F)cc1c1cc(OCCCCC)c(OC(=O)CCC(F)(F)C(F)(F)C(F)(F)C(F)(F)C(F)(F)C(F)(F)F)cc21. The van der Waals surface area contributed by atoms with E-state index in [1.165, 1.54) is 0 Å². The molecule has 0 aliphatic carbocycles. The average Bonchev–Trinajstić information content (AvgIpc) is 0.723. The second kappa shape index (κ2) is 31.5. The number of benzene rings is 4. The first-order valence-electron chi connectivity index (χ1n) is 30.4. The minimum absolute atomic E-state index is 0.0958. The monoisotopic (exact) mass is 1660 g/mol. The highest BCUT2D eigenvalue weighted by Crippen LogP contribution is 2.65. The Kier molecular flexibility index (Phi) is 27.1. The topological polar surface area (TPSA) is 107 Å². The Balaban J connectivity index is 2.14. The highest BCUT2D eigenvalue weighted by Gasteiger charge is 2.93. The van der Waals surface area contributed by atoms with Crippen molar-refractivity contribution in [3.8, 4) is 34.5 Å². The fourth-order valence-electron chi connectivity index (χ4n) is 9.37. The van der Waals surface area contributed by atoms with E-state index in [0.29, 0.717) is 55.7 Å². The summed E-state index contributed by atoms with van der Waals surface area (Å²) in [5.41, 5.74) is 0. The molecule has 0 saturated carbocycles. The van der Waals surface area contributed by atoms with E-state index in [1.54, 1.807) is 20.8 Å². The summed E-state index contributed by atoms with van der Waals surface area (Å²) in [5, 5.41) is -4.06. The Morgan fingerprint density at radius 2 is 0.407 bits per heavy atom. The fraction of sp³-hybridized carbons (Fsp3) is 0.650. The molecule has 0 fully saturated rings. The van der Waals surface area contributed by atoms with Crippen LogP contribution in [0, 0.1) is 0 Å². The molecule has 4 rings (SSSR count). The molecular formula is C60H51F39O9. The molecular weight excluding hydrogens is 1610 g/mol. The van der Waals surface area contributed by atoms with Gasteiger partial charge < -0.3 is 28.4 Å². The van der Waals surface area contributed by atoms with Crippen LogP contribution < -0.4 is 28.4 Å². The predicted octanol–water partition coefficient (Wildman–Crippen LogP) is 23.1. The number of carbonyl (C=O) groups excluding carboxylic acids is 3. The van der Waals surface area contributed by atoms with Gasteiger partial charge in [-0.1, -0.05) is 59.3 Å². The molecule has 0 unspecified atom stereocenters. The molecule has 48 heteroatoms. The maximum absolute atomic E-state index is 15.0. The summed E-state index contributed by atoms with van der Waals surface area (Å²) in [7, 11) is 0. The number of alkyl halides is 39. The third-order valence-corrected chi connectivity index (χ3v) is 15.7. The van der Waals surface area contributed by atoms with Crippen LogP contribution in [0.2, 0.25) is 0 Å². The van der Waals surface area contributed by atoms with Crippen LogP contribution in [0.4, 0.5) is 171 Å². The highest BCUT2D eigenvalue weighted by atomic mass is 19.5. The summed E-state index contributed by atoms with van der Waals surface area (Å²) in [6, 6.07) is 3.24. The number of hydrogen-bond donors (Lipinski definition) is 0. The summed E-state index contributed by atoms with van der Waals surface area (Å²) >= 11 is 0. The van der Waals surface area contributed by atoms with E-state index in [2.05, 4.69) is 0 Å². The first-order chi connectivity index (χ1) is 48.5. The van der Waals surface area contributed by atoms with Crippen LogP contribution in [0.3, 0.4) is 0 Å². The number of fused-ring (bicyclic) bond motifs is 6. The van der Waals surface area contributed by atoms with Crippen molar-refractivity contribution < 1.29 is 214 Å². The lowest BCUT2D eigenvalue weighted by Gasteiger charge is -2.39. The molecule has 0 spiro atoms. The molecule has 0 aliphatic heterocycles. The van der Waals surface area contributed by atoms with E-state index >= 15 is 26.3 Å². The predicted molar refractivity (Wildman–Crippen MR) is 291 cm³/mol. The lowest BCUT2D eigenvalue weighted by Crippen LogP contribution is -2.70. The van der Waals surface area contributed by atoms with Crippen molar-refractivity contribution in [2.45, 2.75) is 224 Å². The van der Waals surface area contributed by atoms with Gasteiger partial charge in [0.25, 0.3) is 0 Å². The standard InChI is InChI=1S/C60H51F39O9/c1-4-7-10-19-103-34-22-28-31(25-37(34)106-40(100)13-16-43(61,62)46(67,68)49(73,74)52(79,80)55(85,86)58(91,92)93)29-23-35(104-20-11-8-5-2)39(108-42(102)15-18-45(65,66)48(71,72)51(77,78)54(83,84)57(89,90)60(97,98)99)27-33(29)30-24-36(105-21-12-9-6-3)38(26-32(28)30)107-41(101)14-17-44(63,64)47(69,70)50(75,76)53(81,82)56(87,88)59(94,95)96/h22-27H,4-21H2,1-3H3. The van der Waals surface area contributed by atoms with Gasteiger partial charge in [0.1, 0.15) is 0 Å². The van der Waals surface area contributed by atoms with Gasteiger partial charge in [-0.25, -0.2) is 0 Å². The molecule has 0 atom stereocenters. The molecule has 0 aromatic heterocycles. The highest BCUT2D eigenvalue weighted by molar-refractivity contribution is 6.27. The molecule has 9 nitrogen and oxygen atoms in total. The van der Waals surface area contributed by atoms with E-state index in [0.717, 1.165) is 0 Å². The first-order valence-corrected chi connectivity index (χ1v) is 30.4. The second-order valence-corrected chi connectivity index (χ2v) is 23.6. The zero-order valence-electron chi connectivity index (χ0n) is 54.1. The molecule has 0 aliphatic rings. The van der Waals surface area contributed by atoms with E-state index in [4.69, 9.17) is 28.4 Å². The van der Waals surface area contributed by atoms with Gasteiger partial charge in [0, 0.05) is 19.3 Å². The largest absolute Gasteiger partial charge is 0.490 e. The minimum Gasteiger partial charge on any atom is -0.490 e. The lowest BCUT2D eigenvalue weighted by molar-refractivity contribution is -0.440. The van der Waals surface area contributed by atoms with Crippen LogP contribution in [-0.2, 0) is 14.4 Å². The molecule has 0 bridgehead atoms. The Bertz CT molecular complexity index is 3410.